The first-order valence-corrected chi connectivity index (χ1v) is 9.82. The fourth-order valence-corrected chi connectivity index (χ4v) is 3.79. The normalized spacial score (nSPS) is 18.4. The molecule has 1 heterocycles. The van der Waals surface area contributed by atoms with Crippen molar-refractivity contribution in [3.8, 4) is 5.75 Å². The average Bonchev–Trinajstić information content (AvgIpc) is 2.68. The number of halogens is 2. The van der Waals surface area contributed by atoms with Gasteiger partial charge in [0.2, 0.25) is 0 Å². The van der Waals surface area contributed by atoms with Gasteiger partial charge < -0.3 is 9.84 Å². The Kier molecular flexibility index (Phi) is 7.36. The first-order valence-electron chi connectivity index (χ1n) is 9.82. The molecule has 0 spiro atoms. The summed E-state index contributed by atoms with van der Waals surface area (Å²) in [5.41, 5.74) is 1.50. The molecule has 3 rings (SSSR count). The largest absolute Gasteiger partial charge is 0.494 e. The van der Waals surface area contributed by atoms with Gasteiger partial charge in [0, 0.05) is 56.5 Å². The molecule has 28 heavy (non-hydrogen) atoms. The summed E-state index contributed by atoms with van der Waals surface area (Å²) in [6, 6.07) is 11.7. The van der Waals surface area contributed by atoms with E-state index in [0.717, 1.165) is 37.0 Å². The van der Waals surface area contributed by atoms with Gasteiger partial charge in [0.1, 0.15) is 17.4 Å². The van der Waals surface area contributed by atoms with Crippen molar-refractivity contribution in [1.29, 1.82) is 0 Å². The topological polar surface area (TPSA) is 35.9 Å². The van der Waals surface area contributed by atoms with Crippen molar-refractivity contribution < 1.29 is 18.6 Å². The van der Waals surface area contributed by atoms with E-state index in [4.69, 9.17) is 4.74 Å². The van der Waals surface area contributed by atoms with Gasteiger partial charge in [0.15, 0.2) is 0 Å². The fraction of sp³-hybridized carbons (Fsp3) is 0.455. The van der Waals surface area contributed by atoms with E-state index in [1.807, 2.05) is 25.1 Å². The van der Waals surface area contributed by atoms with Gasteiger partial charge in [0.25, 0.3) is 0 Å². The van der Waals surface area contributed by atoms with Crippen LogP contribution >= 0.6 is 0 Å². The number of aliphatic hydroxyl groups is 1. The van der Waals surface area contributed by atoms with Crippen LogP contribution in [-0.2, 0) is 13.1 Å². The molecule has 0 amide bonds. The van der Waals surface area contributed by atoms with Crippen LogP contribution in [0.2, 0.25) is 0 Å². The lowest BCUT2D eigenvalue weighted by molar-refractivity contribution is 0.0489. The fourth-order valence-electron chi connectivity index (χ4n) is 3.79. The van der Waals surface area contributed by atoms with E-state index in [9.17, 15) is 13.9 Å². The maximum absolute atomic E-state index is 14.0. The van der Waals surface area contributed by atoms with Crippen molar-refractivity contribution in [2.45, 2.75) is 32.5 Å². The highest BCUT2D eigenvalue weighted by molar-refractivity contribution is 5.33. The molecular weight excluding hydrogens is 362 g/mol. The van der Waals surface area contributed by atoms with Crippen molar-refractivity contribution in [2.24, 2.45) is 0 Å². The van der Waals surface area contributed by atoms with Crippen LogP contribution in [-0.4, -0.2) is 53.8 Å². The third-order valence-corrected chi connectivity index (χ3v) is 5.20. The highest BCUT2D eigenvalue weighted by atomic mass is 19.1. The number of ether oxygens (including phenoxy) is 1. The van der Waals surface area contributed by atoms with Gasteiger partial charge in [-0.3, -0.25) is 9.80 Å². The summed E-state index contributed by atoms with van der Waals surface area (Å²) in [6.45, 7) is 6.04. The molecule has 1 fully saturated rings. The molecule has 0 aliphatic carbocycles. The molecule has 0 saturated carbocycles. The van der Waals surface area contributed by atoms with E-state index in [1.165, 1.54) is 12.1 Å². The number of aliphatic hydroxyl groups excluding tert-OH is 1. The highest BCUT2D eigenvalue weighted by Crippen LogP contribution is 2.24. The molecule has 1 aliphatic rings. The van der Waals surface area contributed by atoms with Crippen molar-refractivity contribution in [3.63, 3.8) is 0 Å². The Labute approximate surface area is 165 Å². The lowest BCUT2D eigenvalue weighted by Crippen LogP contribution is -2.52. The van der Waals surface area contributed by atoms with Crippen LogP contribution in [0, 0.1) is 11.6 Å². The molecule has 6 heteroatoms. The van der Waals surface area contributed by atoms with Crippen molar-refractivity contribution in [2.75, 3.05) is 32.8 Å². The van der Waals surface area contributed by atoms with E-state index in [2.05, 4.69) is 15.9 Å². The molecule has 2 aromatic rings. The summed E-state index contributed by atoms with van der Waals surface area (Å²) in [7, 11) is 0. The van der Waals surface area contributed by atoms with Crippen LogP contribution in [0.1, 0.15) is 24.5 Å². The average molecular weight is 390 g/mol. The number of hydrogen-bond acceptors (Lipinski definition) is 4. The second-order valence-electron chi connectivity index (χ2n) is 7.15. The Morgan fingerprint density at radius 1 is 1.07 bits per heavy atom. The zero-order valence-electron chi connectivity index (χ0n) is 16.3. The lowest BCUT2D eigenvalue weighted by Gasteiger charge is -2.41. The summed E-state index contributed by atoms with van der Waals surface area (Å²) in [6.07, 6.45) is 0.638. The third-order valence-electron chi connectivity index (χ3n) is 5.20. The van der Waals surface area contributed by atoms with Crippen LogP contribution < -0.4 is 4.74 Å². The number of para-hydroxylation sites is 1. The van der Waals surface area contributed by atoms with E-state index >= 15 is 0 Å². The zero-order chi connectivity index (χ0) is 19.9. The molecule has 2 aromatic carbocycles. The second-order valence-corrected chi connectivity index (χ2v) is 7.15. The number of benzene rings is 2. The Balaban J connectivity index is 1.68. The number of piperazine rings is 1. The number of hydrogen-bond donors (Lipinski definition) is 1. The summed E-state index contributed by atoms with van der Waals surface area (Å²) < 4.78 is 33.2. The minimum atomic E-state index is -0.422. The van der Waals surface area contributed by atoms with Crippen molar-refractivity contribution in [1.82, 2.24) is 9.80 Å². The van der Waals surface area contributed by atoms with Crippen LogP contribution in [0.5, 0.6) is 5.75 Å². The Bertz CT molecular complexity index is 772. The third kappa shape index (κ3) is 5.28. The molecule has 1 atom stereocenters. The molecule has 0 unspecified atom stereocenters. The molecule has 1 saturated heterocycles. The molecular formula is C22H28F2N2O2. The monoisotopic (exact) mass is 390 g/mol. The first kappa shape index (κ1) is 20.7. The van der Waals surface area contributed by atoms with E-state index in [1.54, 1.807) is 0 Å². The molecule has 152 valence electrons. The number of nitrogens with zero attached hydrogens (tertiary/aromatic N) is 2. The predicted octanol–water partition coefficient (Wildman–Crippen LogP) is 3.43. The number of rotatable bonds is 8. The molecule has 0 radical (unpaired) electrons. The predicted molar refractivity (Wildman–Crippen MR) is 105 cm³/mol. The Hall–Kier alpha value is -2.02. The minimum Gasteiger partial charge on any atom is -0.494 e. The quantitative estimate of drug-likeness (QED) is 0.749. The molecule has 0 aromatic heterocycles. The zero-order valence-corrected chi connectivity index (χ0v) is 16.3. The van der Waals surface area contributed by atoms with Gasteiger partial charge >= 0.3 is 0 Å². The standard InChI is InChI=1S/C22H28F2N2O2/c1-2-28-22-6-4-3-5-17(22)15-26-11-10-25(16-20(26)9-12-27)14-18-13-19(23)7-8-21(18)24/h3-8,13,20,27H,2,9-12,14-16H2,1H3/t20-/m1/s1. The summed E-state index contributed by atoms with van der Waals surface area (Å²) in [4.78, 5) is 4.47. The minimum absolute atomic E-state index is 0.0937. The lowest BCUT2D eigenvalue weighted by atomic mass is 10.1. The molecule has 1 N–H and O–H groups in total. The highest BCUT2D eigenvalue weighted by Gasteiger charge is 2.27. The summed E-state index contributed by atoms with van der Waals surface area (Å²) in [5.74, 6) is 0.0830. The molecule has 0 bridgehead atoms. The van der Waals surface area contributed by atoms with Gasteiger partial charge in [-0.1, -0.05) is 18.2 Å². The Morgan fingerprint density at radius 2 is 1.89 bits per heavy atom. The van der Waals surface area contributed by atoms with Gasteiger partial charge in [-0.05, 0) is 37.6 Å². The van der Waals surface area contributed by atoms with E-state index in [-0.39, 0.29) is 18.5 Å². The van der Waals surface area contributed by atoms with Crippen LogP contribution in [0.4, 0.5) is 8.78 Å². The summed E-state index contributed by atoms with van der Waals surface area (Å²) >= 11 is 0. The van der Waals surface area contributed by atoms with Crippen LogP contribution in [0.3, 0.4) is 0 Å². The van der Waals surface area contributed by atoms with Crippen molar-refractivity contribution in [3.05, 3.63) is 65.2 Å². The van der Waals surface area contributed by atoms with Gasteiger partial charge in [0.05, 0.1) is 6.61 Å². The van der Waals surface area contributed by atoms with Crippen LogP contribution in [0.15, 0.2) is 42.5 Å². The molecule has 1 aliphatic heterocycles. The SMILES string of the molecule is CCOc1ccccc1CN1CCN(Cc2cc(F)ccc2F)C[C@H]1CCO. The van der Waals surface area contributed by atoms with Gasteiger partial charge in [-0.15, -0.1) is 0 Å². The Morgan fingerprint density at radius 3 is 2.68 bits per heavy atom. The van der Waals surface area contributed by atoms with Crippen LogP contribution in [0.25, 0.3) is 0 Å². The van der Waals surface area contributed by atoms with E-state index < -0.39 is 5.82 Å². The maximum Gasteiger partial charge on any atom is 0.127 e. The van der Waals surface area contributed by atoms with Gasteiger partial charge in [-0.2, -0.15) is 0 Å². The summed E-state index contributed by atoms with van der Waals surface area (Å²) in [5, 5.41) is 9.52. The van der Waals surface area contributed by atoms with Gasteiger partial charge in [-0.25, -0.2) is 8.78 Å². The molecule has 4 nitrogen and oxygen atoms in total. The second kappa shape index (κ2) is 9.96. The smallest absolute Gasteiger partial charge is 0.127 e. The maximum atomic E-state index is 14.0. The van der Waals surface area contributed by atoms with E-state index in [0.29, 0.717) is 31.7 Å². The van der Waals surface area contributed by atoms with Crippen molar-refractivity contribution >= 4 is 0 Å². The first-order chi connectivity index (χ1) is 13.6.